The van der Waals surface area contributed by atoms with E-state index in [2.05, 4.69) is 15.1 Å². The molecule has 2 amide bonds. The summed E-state index contributed by atoms with van der Waals surface area (Å²) in [6.07, 6.45) is 1.00. The van der Waals surface area contributed by atoms with Crippen molar-refractivity contribution in [3.63, 3.8) is 0 Å². The van der Waals surface area contributed by atoms with E-state index in [0.717, 1.165) is 0 Å². The van der Waals surface area contributed by atoms with Gasteiger partial charge < -0.3 is 24.4 Å². The Kier molecular flexibility index (Phi) is 5.95. The largest absolute Gasteiger partial charge is 0.530 e. The van der Waals surface area contributed by atoms with Crippen LogP contribution in [0.4, 0.5) is 10.5 Å². The Morgan fingerprint density at radius 1 is 1.06 bits per heavy atom. The third-order valence-corrected chi connectivity index (χ3v) is 5.21. The molecule has 12 heteroatoms. The zero-order chi connectivity index (χ0) is 23.7. The van der Waals surface area contributed by atoms with Crippen molar-refractivity contribution in [1.29, 1.82) is 0 Å². The summed E-state index contributed by atoms with van der Waals surface area (Å²) in [6, 6.07) is 7.43. The highest BCUT2D eigenvalue weighted by Crippen LogP contribution is 2.38. The topological polar surface area (TPSA) is 140 Å². The van der Waals surface area contributed by atoms with Crippen LogP contribution in [0.15, 0.2) is 47.1 Å². The summed E-state index contributed by atoms with van der Waals surface area (Å²) in [5, 5.41) is 12.3. The first-order valence-corrected chi connectivity index (χ1v) is 9.89. The summed E-state index contributed by atoms with van der Waals surface area (Å²) >= 11 is 12.2. The van der Waals surface area contributed by atoms with Gasteiger partial charge in [0.05, 0.1) is 28.4 Å². The van der Waals surface area contributed by atoms with Crippen LogP contribution in [0.2, 0.25) is 10.0 Å². The summed E-state index contributed by atoms with van der Waals surface area (Å²) < 4.78 is 11.2. The van der Waals surface area contributed by atoms with Crippen molar-refractivity contribution in [2.24, 2.45) is 0 Å². The van der Waals surface area contributed by atoms with Gasteiger partial charge in [-0.3, -0.25) is 14.6 Å². The van der Waals surface area contributed by atoms with Crippen LogP contribution in [-0.2, 0) is 4.84 Å². The van der Waals surface area contributed by atoms with E-state index in [4.69, 9.17) is 37.5 Å². The molecule has 0 saturated heterocycles. The van der Waals surface area contributed by atoms with Gasteiger partial charge in [-0.15, -0.1) is 0 Å². The van der Waals surface area contributed by atoms with Crippen LogP contribution < -0.4 is 15.5 Å². The average molecular weight is 490 g/mol. The lowest BCUT2D eigenvalue weighted by atomic mass is 10.0. The molecule has 2 aromatic heterocycles. The van der Waals surface area contributed by atoms with Crippen LogP contribution >= 0.6 is 23.2 Å². The Balaban J connectivity index is 1.85. The van der Waals surface area contributed by atoms with Gasteiger partial charge in [-0.05, 0) is 30.3 Å². The minimum absolute atomic E-state index is 0.0702. The molecule has 0 unspecified atom stereocenters. The third kappa shape index (κ3) is 4.21. The maximum Gasteiger partial charge on any atom is 0.530 e. The molecule has 0 fully saturated rings. The third-order valence-electron chi connectivity index (χ3n) is 4.63. The van der Waals surface area contributed by atoms with Crippen molar-refractivity contribution in [3.8, 4) is 5.75 Å². The number of ether oxygens (including phenoxy) is 1. The van der Waals surface area contributed by atoms with Crippen LogP contribution in [0.25, 0.3) is 21.9 Å². The van der Waals surface area contributed by atoms with E-state index in [-0.39, 0.29) is 32.4 Å². The molecule has 0 spiro atoms. The zero-order valence-corrected chi connectivity index (χ0v) is 18.2. The quantitative estimate of drug-likeness (QED) is 0.344. The number of nitrogens with zero attached hydrogens (tertiary/aromatic N) is 1. The van der Waals surface area contributed by atoms with E-state index < -0.39 is 18.0 Å². The first-order chi connectivity index (χ1) is 15.8. The van der Waals surface area contributed by atoms with E-state index in [1.165, 1.54) is 43.8 Å². The van der Waals surface area contributed by atoms with Gasteiger partial charge in [-0.2, -0.15) is 5.48 Å². The van der Waals surface area contributed by atoms with Crippen molar-refractivity contribution < 1.29 is 33.5 Å². The molecule has 2 aromatic carbocycles. The molecule has 0 aliphatic carbocycles. The van der Waals surface area contributed by atoms with Crippen LogP contribution in [0.3, 0.4) is 0 Å². The van der Waals surface area contributed by atoms with E-state index in [0.29, 0.717) is 22.1 Å². The highest BCUT2D eigenvalue weighted by molar-refractivity contribution is 6.40. The Morgan fingerprint density at radius 3 is 2.45 bits per heavy atom. The molecule has 0 bridgehead atoms. The van der Waals surface area contributed by atoms with Crippen molar-refractivity contribution in [3.05, 3.63) is 63.9 Å². The van der Waals surface area contributed by atoms with Gasteiger partial charge in [0, 0.05) is 28.7 Å². The van der Waals surface area contributed by atoms with Gasteiger partial charge >= 0.3 is 6.16 Å². The fourth-order valence-corrected chi connectivity index (χ4v) is 3.67. The van der Waals surface area contributed by atoms with Gasteiger partial charge in [0.15, 0.2) is 11.3 Å². The number of rotatable bonds is 4. The summed E-state index contributed by atoms with van der Waals surface area (Å²) in [4.78, 5) is 43.9. The smallest absolute Gasteiger partial charge is 0.493 e. The van der Waals surface area contributed by atoms with Crippen LogP contribution in [-0.4, -0.2) is 35.2 Å². The number of furan rings is 1. The number of carboxylic acid groups (broad SMARTS) is 1. The van der Waals surface area contributed by atoms with E-state index in [1.807, 2.05) is 0 Å². The molecule has 0 saturated carbocycles. The number of halogens is 2. The van der Waals surface area contributed by atoms with E-state index in [9.17, 15) is 14.4 Å². The number of nitrogens with one attached hydrogen (secondary N) is 2. The molecular formula is C21H13Cl2N3O7. The highest BCUT2D eigenvalue weighted by Gasteiger charge is 2.22. The molecule has 0 aliphatic heterocycles. The van der Waals surface area contributed by atoms with Crippen LogP contribution in [0.5, 0.6) is 5.75 Å². The molecule has 4 rings (SSSR count). The highest BCUT2D eigenvalue weighted by atomic mass is 35.5. The number of hydroxylamine groups is 1. The van der Waals surface area contributed by atoms with Crippen molar-refractivity contribution >= 4 is 68.8 Å². The number of hydrogen-bond donors (Lipinski definition) is 3. The number of pyridine rings is 1. The number of methoxy groups -OCH3 is 1. The molecule has 0 radical (unpaired) electrons. The lowest BCUT2D eigenvalue weighted by Crippen LogP contribution is -2.26. The van der Waals surface area contributed by atoms with Gasteiger partial charge in [-0.1, -0.05) is 23.2 Å². The minimum atomic E-state index is -1.67. The summed E-state index contributed by atoms with van der Waals surface area (Å²) in [5.74, 6) is -1.000. The second-order valence-corrected chi connectivity index (χ2v) is 7.38. The molecule has 4 aromatic rings. The average Bonchev–Trinajstić information content (AvgIpc) is 3.18. The Labute approximate surface area is 194 Å². The predicted molar refractivity (Wildman–Crippen MR) is 119 cm³/mol. The van der Waals surface area contributed by atoms with E-state index in [1.54, 1.807) is 11.5 Å². The van der Waals surface area contributed by atoms with Gasteiger partial charge in [0.1, 0.15) is 5.58 Å². The standard InChI is InChI=1S/C21H13Cl2N3O7/c1-31-15-5-3-10(20(28)25-17-12(22)7-24-8-13(17)23)16-11-6-9(19(27)26-33-21(29)30)2-4-14(11)32-18(15)16/h2-8H,1H3,(H,26,27)(H,29,30)(H,24,25,28). The predicted octanol–water partition coefficient (Wildman–Crippen LogP) is 4.89. The minimum Gasteiger partial charge on any atom is -0.493 e. The number of carbonyl (C=O) groups excluding carboxylic acids is 2. The van der Waals surface area contributed by atoms with Crippen molar-refractivity contribution in [2.75, 3.05) is 12.4 Å². The molecule has 168 valence electrons. The number of amides is 2. The number of aromatic nitrogens is 1. The van der Waals surface area contributed by atoms with Gasteiger partial charge in [0.25, 0.3) is 11.8 Å². The molecule has 3 N–H and O–H groups in total. The van der Waals surface area contributed by atoms with Crippen LogP contribution in [0, 0.1) is 0 Å². The number of carbonyl (C=O) groups is 3. The summed E-state index contributed by atoms with van der Waals surface area (Å²) in [7, 11) is 1.44. The molecular weight excluding hydrogens is 477 g/mol. The van der Waals surface area contributed by atoms with Crippen molar-refractivity contribution in [2.45, 2.75) is 0 Å². The monoisotopic (exact) mass is 489 g/mol. The Morgan fingerprint density at radius 2 is 1.79 bits per heavy atom. The second-order valence-electron chi connectivity index (χ2n) is 6.56. The summed E-state index contributed by atoms with van der Waals surface area (Å²) in [5.41, 5.74) is 2.87. The number of anilines is 1. The molecule has 10 nitrogen and oxygen atoms in total. The first-order valence-electron chi connectivity index (χ1n) is 9.14. The number of fused-ring (bicyclic) bond motifs is 3. The van der Waals surface area contributed by atoms with Crippen LogP contribution in [0.1, 0.15) is 20.7 Å². The fourth-order valence-electron chi connectivity index (χ4n) is 3.21. The SMILES string of the molecule is COc1ccc(C(=O)Nc2c(Cl)cncc2Cl)c2c1oc1ccc(C(=O)NOC(=O)O)cc12. The molecule has 0 aliphatic rings. The second kappa shape index (κ2) is 8.85. The number of benzene rings is 2. The Bertz CT molecular complexity index is 1410. The van der Waals surface area contributed by atoms with Gasteiger partial charge in [0.2, 0.25) is 0 Å². The fraction of sp³-hybridized carbons (Fsp3) is 0.0476. The molecule has 2 heterocycles. The number of hydrogen-bond acceptors (Lipinski definition) is 7. The first kappa shape index (κ1) is 22.2. The lowest BCUT2D eigenvalue weighted by molar-refractivity contribution is 0.0350. The lowest BCUT2D eigenvalue weighted by Gasteiger charge is -2.10. The van der Waals surface area contributed by atoms with E-state index >= 15 is 0 Å². The molecule has 0 atom stereocenters. The Hall–Kier alpha value is -4.02. The van der Waals surface area contributed by atoms with Gasteiger partial charge in [-0.25, -0.2) is 4.79 Å². The zero-order valence-electron chi connectivity index (χ0n) is 16.6. The van der Waals surface area contributed by atoms with Crippen molar-refractivity contribution in [1.82, 2.24) is 10.5 Å². The maximum atomic E-state index is 13.2. The molecule has 33 heavy (non-hydrogen) atoms. The normalized spacial score (nSPS) is 10.8. The maximum absolute atomic E-state index is 13.2. The summed E-state index contributed by atoms with van der Waals surface area (Å²) in [6.45, 7) is 0.